The number of anilines is 2. The Hall–Kier alpha value is -3.25. The third-order valence-electron chi connectivity index (χ3n) is 7.96. The largest absolute Gasteiger partial charge is 0.368 e. The quantitative estimate of drug-likeness (QED) is 0.607. The summed E-state index contributed by atoms with van der Waals surface area (Å²) >= 11 is 0. The topological polar surface area (TPSA) is 74.6 Å². The monoisotopic (exact) mass is 482 g/mol. The lowest BCUT2D eigenvalue weighted by molar-refractivity contribution is 0.0317. The molecule has 3 aliphatic heterocycles. The maximum Gasteiger partial charge on any atom is 0.128 e. The van der Waals surface area contributed by atoms with E-state index >= 15 is 0 Å². The van der Waals surface area contributed by atoms with Crippen molar-refractivity contribution >= 4 is 22.4 Å². The van der Waals surface area contributed by atoms with Crippen LogP contribution < -0.4 is 15.1 Å². The lowest BCUT2D eigenvalue weighted by atomic mass is 10.0. The lowest BCUT2D eigenvalue weighted by Crippen LogP contribution is -2.65. The number of nitriles is 1. The summed E-state index contributed by atoms with van der Waals surface area (Å²) in [6.45, 7) is 12.6. The number of hydrogen-bond donors (Lipinski definition) is 1. The molecule has 5 heterocycles. The van der Waals surface area contributed by atoms with Crippen LogP contribution in [0.2, 0.25) is 0 Å². The molecule has 36 heavy (non-hydrogen) atoms. The molecule has 0 radical (unpaired) electrons. The highest BCUT2D eigenvalue weighted by Gasteiger charge is 2.36. The van der Waals surface area contributed by atoms with Crippen LogP contribution in [0.5, 0.6) is 0 Å². The second kappa shape index (κ2) is 10.0. The summed E-state index contributed by atoms with van der Waals surface area (Å²) in [6, 6.07) is 15.8. The molecule has 6 rings (SSSR count). The molecule has 0 aliphatic carbocycles. The second-order valence-electron chi connectivity index (χ2n) is 10.3. The molecule has 3 saturated heterocycles. The van der Waals surface area contributed by atoms with Crippen LogP contribution in [0, 0.1) is 11.3 Å². The number of pyridine rings is 2. The van der Waals surface area contributed by atoms with Crippen LogP contribution in [0.4, 0.5) is 11.5 Å². The van der Waals surface area contributed by atoms with Gasteiger partial charge in [0.1, 0.15) is 11.9 Å². The molecule has 0 unspecified atom stereocenters. The van der Waals surface area contributed by atoms with Gasteiger partial charge in [0.2, 0.25) is 0 Å². The van der Waals surface area contributed by atoms with Gasteiger partial charge in [0.25, 0.3) is 0 Å². The zero-order valence-corrected chi connectivity index (χ0v) is 21.0. The van der Waals surface area contributed by atoms with Gasteiger partial charge < -0.3 is 15.1 Å². The van der Waals surface area contributed by atoms with Crippen molar-refractivity contribution in [3.8, 4) is 6.07 Å². The molecule has 2 aromatic heterocycles. The van der Waals surface area contributed by atoms with Crippen LogP contribution in [0.3, 0.4) is 0 Å². The van der Waals surface area contributed by atoms with Crippen molar-refractivity contribution in [2.75, 3.05) is 68.7 Å². The average molecular weight is 483 g/mol. The minimum absolute atomic E-state index is 0.470. The lowest BCUT2D eigenvalue weighted by Gasteiger charge is -2.51. The van der Waals surface area contributed by atoms with Crippen molar-refractivity contribution < 1.29 is 0 Å². The highest BCUT2D eigenvalue weighted by molar-refractivity contribution is 5.95. The predicted molar refractivity (Wildman–Crippen MR) is 143 cm³/mol. The number of rotatable bonds is 4. The number of hydrogen-bond acceptors (Lipinski definition) is 8. The van der Waals surface area contributed by atoms with E-state index in [4.69, 9.17) is 4.98 Å². The van der Waals surface area contributed by atoms with E-state index in [0.717, 1.165) is 82.2 Å². The van der Waals surface area contributed by atoms with E-state index in [9.17, 15) is 5.26 Å². The fourth-order valence-electron chi connectivity index (χ4n) is 6.14. The molecule has 186 valence electrons. The first-order valence-corrected chi connectivity index (χ1v) is 13.1. The smallest absolute Gasteiger partial charge is 0.128 e. The Morgan fingerprint density at radius 3 is 2.67 bits per heavy atom. The Morgan fingerprint density at radius 1 is 0.972 bits per heavy atom. The second-order valence-corrected chi connectivity index (χ2v) is 10.3. The summed E-state index contributed by atoms with van der Waals surface area (Å²) in [5.41, 5.74) is 3.91. The third-order valence-corrected chi connectivity index (χ3v) is 7.96. The van der Waals surface area contributed by atoms with Crippen LogP contribution in [0.1, 0.15) is 18.1 Å². The van der Waals surface area contributed by atoms with Crippen LogP contribution in [0.15, 0.2) is 48.8 Å². The molecule has 1 aromatic carbocycles. The first-order chi connectivity index (χ1) is 17.7. The zero-order valence-electron chi connectivity index (χ0n) is 21.0. The van der Waals surface area contributed by atoms with E-state index in [1.165, 1.54) is 11.3 Å². The molecule has 2 atom stereocenters. The van der Waals surface area contributed by atoms with Gasteiger partial charge >= 0.3 is 0 Å². The Bertz CT molecular complexity index is 1250. The van der Waals surface area contributed by atoms with Crippen molar-refractivity contribution in [2.24, 2.45) is 0 Å². The molecule has 3 aliphatic rings. The molecule has 0 amide bonds. The fraction of sp³-hybridized carbons (Fsp3) is 0.464. The normalized spacial score (nSPS) is 23.4. The maximum atomic E-state index is 9.54. The molecule has 8 nitrogen and oxygen atoms in total. The number of fused-ring (bicyclic) bond motifs is 2. The van der Waals surface area contributed by atoms with Crippen molar-refractivity contribution in [1.82, 2.24) is 25.1 Å². The van der Waals surface area contributed by atoms with E-state index in [1.807, 2.05) is 12.1 Å². The summed E-state index contributed by atoms with van der Waals surface area (Å²) in [6.07, 6.45) is 3.84. The molecule has 1 N–H and O–H groups in total. The molecule has 0 bridgehead atoms. The van der Waals surface area contributed by atoms with Crippen LogP contribution in [0.25, 0.3) is 10.9 Å². The predicted octanol–water partition coefficient (Wildman–Crippen LogP) is 2.31. The van der Waals surface area contributed by atoms with Gasteiger partial charge in [0, 0.05) is 101 Å². The number of benzene rings is 1. The van der Waals surface area contributed by atoms with Gasteiger partial charge in [-0.2, -0.15) is 5.26 Å². The van der Waals surface area contributed by atoms with Gasteiger partial charge in [-0.05, 0) is 42.8 Å². The van der Waals surface area contributed by atoms with Gasteiger partial charge in [0.15, 0.2) is 0 Å². The maximum absolute atomic E-state index is 9.54. The number of nitrogens with one attached hydrogen (secondary N) is 1. The van der Waals surface area contributed by atoms with E-state index in [0.29, 0.717) is 17.6 Å². The van der Waals surface area contributed by atoms with E-state index in [-0.39, 0.29) is 0 Å². The highest BCUT2D eigenvalue weighted by Crippen LogP contribution is 2.32. The number of aromatic nitrogens is 2. The Morgan fingerprint density at radius 2 is 1.86 bits per heavy atom. The molecular weight excluding hydrogens is 448 g/mol. The van der Waals surface area contributed by atoms with Crippen LogP contribution >= 0.6 is 0 Å². The Labute approximate surface area is 213 Å². The molecule has 0 saturated carbocycles. The standard InChI is InChI=1S/C28H34N8/c1-21-17-35(26-6-5-23(15-29)28-25(26)3-2-8-31-28)20-24-19-33(13-14-36(21)24)18-22-4-7-27(32-16-22)34-11-9-30-10-12-34/h2-8,16,21,24,30H,9-14,17-20H2,1H3/t21-,24+/m1/s1. The van der Waals surface area contributed by atoms with Gasteiger partial charge in [-0.15, -0.1) is 0 Å². The third kappa shape index (κ3) is 4.50. The minimum Gasteiger partial charge on any atom is -0.368 e. The van der Waals surface area contributed by atoms with Gasteiger partial charge in [-0.3, -0.25) is 14.8 Å². The summed E-state index contributed by atoms with van der Waals surface area (Å²) in [5.74, 6) is 1.09. The van der Waals surface area contributed by atoms with E-state index in [1.54, 1.807) is 6.20 Å². The van der Waals surface area contributed by atoms with Crippen molar-refractivity contribution in [3.63, 3.8) is 0 Å². The van der Waals surface area contributed by atoms with Gasteiger partial charge in [0.05, 0.1) is 11.1 Å². The number of nitrogens with zero attached hydrogens (tertiary/aromatic N) is 7. The summed E-state index contributed by atoms with van der Waals surface area (Å²) in [7, 11) is 0. The van der Waals surface area contributed by atoms with Crippen molar-refractivity contribution in [3.05, 3.63) is 59.9 Å². The number of piperazine rings is 3. The molecule has 3 aromatic rings. The Balaban J connectivity index is 1.16. The van der Waals surface area contributed by atoms with Crippen molar-refractivity contribution in [1.29, 1.82) is 5.26 Å². The molecule has 0 spiro atoms. The highest BCUT2D eigenvalue weighted by atomic mass is 15.4. The summed E-state index contributed by atoms with van der Waals surface area (Å²) in [4.78, 5) is 19.4. The minimum atomic E-state index is 0.470. The average Bonchev–Trinajstić information content (AvgIpc) is 2.93. The first-order valence-electron chi connectivity index (χ1n) is 13.1. The SMILES string of the molecule is C[C@@H]1CN(c2ccc(C#N)c3ncccc23)C[C@@H]2CN(Cc3ccc(N4CCNCC4)nc3)CCN21. The van der Waals surface area contributed by atoms with Gasteiger partial charge in [-0.25, -0.2) is 4.98 Å². The van der Waals surface area contributed by atoms with Gasteiger partial charge in [-0.1, -0.05) is 6.07 Å². The van der Waals surface area contributed by atoms with Crippen LogP contribution in [-0.2, 0) is 6.54 Å². The molecule has 3 fully saturated rings. The van der Waals surface area contributed by atoms with E-state index in [2.05, 4.69) is 73.4 Å². The Kier molecular flexibility index (Phi) is 6.45. The van der Waals surface area contributed by atoms with Crippen molar-refractivity contribution in [2.45, 2.75) is 25.6 Å². The fourth-order valence-corrected chi connectivity index (χ4v) is 6.14. The first kappa shape index (κ1) is 23.2. The van der Waals surface area contributed by atoms with E-state index < -0.39 is 0 Å². The van der Waals surface area contributed by atoms with Crippen LogP contribution in [-0.4, -0.2) is 90.8 Å². The molecule has 8 heteroatoms. The zero-order chi connectivity index (χ0) is 24.5. The molecular formula is C28H34N8. The summed E-state index contributed by atoms with van der Waals surface area (Å²) < 4.78 is 0. The summed E-state index contributed by atoms with van der Waals surface area (Å²) in [5, 5.41) is 14.0.